The molecule has 2 rings (SSSR count). The Balaban J connectivity index is 0.00000288. The summed E-state index contributed by atoms with van der Waals surface area (Å²) in [4.78, 5) is 13.9. The maximum atomic E-state index is 4.61. The Morgan fingerprint density at radius 3 is 2.50 bits per heavy atom. The molecular weight excluding hydrogens is 415 g/mol. The summed E-state index contributed by atoms with van der Waals surface area (Å²) < 4.78 is 0. The summed E-state index contributed by atoms with van der Waals surface area (Å²) in [5.74, 6) is 1.94. The average molecular weight is 446 g/mol. The van der Waals surface area contributed by atoms with E-state index in [-0.39, 0.29) is 24.0 Å². The SMILES string of the molecule is CCCNC(=NCc1ccc(N2CCN(C)CC2)nc1)NCC.I. The molecule has 1 aromatic heterocycles. The van der Waals surface area contributed by atoms with Gasteiger partial charge in [0.2, 0.25) is 0 Å². The van der Waals surface area contributed by atoms with Gasteiger partial charge in [-0.05, 0) is 32.0 Å². The van der Waals surface area contributed by atoms with Gasteiger partial charge in [0.25, 0.3) is 0 Å². The van der Waals surface area contributed by atoms with E-state index in [1.807, 2.05) is 6.20 Å². The van der Waals surface area contributed by atoms with Crippen LogP contribution in [0.4, 0.5) is 5.82 Å². The zero-order valence-electron chi connectivity index (χ0n) is 15.1. The van der Waals surface area contributed by atoms with Crippen molar-refractivity contribution >= 4 is 35.8 Å². The van der Waals surface area contributed by atoms with Crippen LogP contribution < -0.4 is 15.5 Å². The van der Waals surface area contributed by atoms with Gasteiger partial charge in [-0.25, -0.2) is 9.98 Å². The number of pyridine rings is 1. The first kappa shape index (κ1) is 21.0. The predicted octanol–water partition coefficient (Wildman–Crippen LogP) is 1.92. The van der Waals surface area contributed by atoms with E-state index >= 15 is 0 Å². The first-order chi connectivity index (χ1) is 11.2. The standard InChI is InChI=1S/C17H30N6.HI/c1-4-8-19-17(18-5-2)21-14-15-6-7-16(20-13-15)23-11-9-22(3)10-12-23;/h6-7,13H,4-5,8-12,14H2,1-3H3,(H2,18,19,21);1H. The second-order valence-corrected chi connectivity index (χ2v) is 5.94. The number of nitrogens with zero attached hydrogens (tertiary/aromatic N) is 4. The first-order valence-electron chi connectivity index (χ1n) is 8.63. The lowest BCUT2D eigenvalue weighted by molar-refractivity contribution is 0.312. The summed E-state index contributed by atoms with van der Waals surface area (Å²) >= 11 is 0. The lowest BCUT2D eigenvalue weighted by atomic mass is 10.2. The van der Waals surface area contributed by atoms with Crippen LogP contribution in [0.2, 0.25) is 0 Å². The molecule has 2 N–H and O–H groups in total. The number of likely N-dealkylation sites (N-methyl/N-ethyl adjacent to an activating group) is 1. The third kappa shape index (κ3) is 6.80. The molecule has 0 amide bonds. The highest BCUT2D eigenvalue weighted by molar-refractivity contribution is 14.0. The highest BCUT2D eigenvalue weighted by Crippen LogP contribution is 2.13. The molecule has 0 aromatic carbocycles. The summed E-state index contributed by atoms with van der Waals surface area (Å²) in [5.41, 5.74) is 1.14. The van der Waals surface area contributed by atoms with Crippen molar-refractivity contribution in [3.05, 3.63) is 23.9 Å². The van der Waals surface area contributed by atoms with Crippen LogP contribution in [0.15, 0.2) is 23.3 Å². The van der Waals surface area contributed by atoms with Crippen LogP contribution in [-0.4, -0.2) is 62.2 Å². The molecule has 0 atom stereocenters. The van der Waals surface area contributed by atoms with Crippen molar-refractivity contribution < 1.29 is 0 Å². The molecule has 24 heavy (non-hydrogen) atoms. The largest absolute Gasteiger partial charge is 0.357 e. The van der Waals surface area contributed by atoms with Gasteiger partial charge in [0.05, 0.1) is 6.54 Å². The predicted molar refractivity (Wildman–Crippen MR) is 112 cm³/mol. The van der Waals surface area contributed by atoms with Gasteiger partial charge < -0.3 is 20.4 Å². The highest BCUT2D eigenvalue weighted by atomic mass is 127. The monoisotopic (exact) mass is 446 g/mol. The number of hydrogen-bond acceptors (Lipinski definition) is 4. The molecule has 0 aliphatic carbocycles. The van der Waals surface area contributed by atoms with E-state index in [1.165, 1.54) is 0 Å². The molecule has 1 aliphatic heterocycles. The van der Waals surface area contributed by atoms with Gasteiger partial charge in [0.15, 0.2) is 5.96 Å². The fourth-order valence-electron chi connectivity index (χ4n) is 2.49. The van der Waals surface area contributed by atoms with E-state index in [2.05, 4.69) is 63.4 Å². The quantitative estimate of drug-likeness (QED) is 0.398. The molecule has 0 bridgehead atoms. The van der Waals surface area contributed by atoms with Crippen LogP contribution in [0.5, 0.6) is 0 Å². The number of piperazine rings is 1. The second kappa shape index (κ2) is 11.5. The zero-order valence-corrected chi connectivity index (χ0v) is 17.4. The third-order valence-electron chi connectivity index (χ3n) is 3.94. The Hall–Kier alpha value is -1.09. The van der Waals surface area contributed by atoms with Crippen molar-refractivity contribution in [1.82, 2.24) is 20.5 Å². The van der Waals surface area contributed by atoms with Gasteiger partial charge in [0, 0.05) is 45.5 Å². The highest BCUT2D eigenvalue weighted by Gasteiger charge is 2.14. The van der Waals surface area contributed by atoms with E-state index in [4.69, 9.17) is 0 Å². The molecule has 7 heteroatoms. The Labute approximate surface area is 163 Å². The molecule has 2 heterocycles. The molecule has 1 saturated heterocycles. The van der Waals surface area contributed by atoms with Crippen LogP contribution in [0.3, 0.4) is 0 Å². The van der Waals surface area contributed by atoms with Crippen LogP contribution >= 0.6 is 24.0 Å². The minimum absolute atomic E-state index is 0. The molecule has 1 fully saturated rings. The lowest BCUT2D eigenvalue weighted by Crippen LogP contribution is -2.44. The number of hydrogen-bond donors (Lipinski definition) is 2. The Morgan fingerprint density at radius 1 is 1.17 bits per heavy atom. The number of aliphatic imine (C=N–C) groups is 1. The summed E-state index contributed by atoms with van der Waals surface area (Å²) in [7, 11) is 2.17. The summed E-state index contributed by atoms with van der Waals surface area (Å²) in [6.07, 6.45) is 3.03. The molecule has 136 valence electrons. The Kier molecular flexibility index (Phi) is 10.0. The second-order valence-electron chi connectivity index (χ2n) is 5.94. The normalized spacial score (nSPS) is 15.8. The fraction of sp³-hybridized carbons (Fsp3) is 0.647. The van der Waals surface area contributed by atoms with E-state index in [0.717, 1.165) is 63.0 Å². The average Bonchev–Trinajstić information content (AvgIpc) is 2.58. The van der Waals surface area contributed by atoms with Crippen LogP contribution in [0.1, 0.15) is 25.8 Å². The number of halogens is 1. The third-order valence-corrected chi connectivity index (χ3v) is 3.94. The lowest BCUT2D eigenvalue weighted by Gasteiger charge is -2.33. The number of rotatable bonds is 6. The number of guanidine groups is 1. The van der Waals surface area contributed by atoms with Gasteiger partial charge in [0.1, 0.15) is 5.82 Å². The van der Waals surface area contributed by atoms with E-state index in [1.54, 1.807) is 0 Å². The maximum absolute atomic E-state index is 4.61. The topological polar surface area (TPSA) is 55.8 Å². The number of aromatic nitrogens is 1. The molecule has 0 unspecified atom stereocenters. The minimum Gasteiger partial charge on any atom is -0.357 e. The van der Waals surface area contributed by atoms with Crippen molar-refractivity contribution in [2.45, 2.75) is 26.8 Å². The Morgan fingerprint density at radius 2 is 1.92 bits per heavy atom. The number of anilines is 1. The molecule has 0 spiro atoms. The first-order valence-corrected chi connectivity index (χ1v) is 8.63. The maximum Gasteiger partial charge on any atom is 0.191 e. The molecule has 0 radical (unpaired) electrons. The van der Waals surface area contributed by atoms with Gasteiger partial charge in [-0.3, -0.25) is 0 Å². The molecule has 0 saturated carbocycles. The van der Waals surface area contributed by atoms with Gasteiger partial charge >= 0.3 is 0 Å². The molecule has 1 aliphatic rings. The summed E-state index contributed by atoms with van der Waals surface area (Å²) in [6.45, 7) is 11.0. The van der Waals surface area contributed by atoms with Crippen molar-refractivity contribution in [2.75, 3.05) is 51.2 Å². The smallest absolute Gasteiger partial charge is 0.191 e. The van der Waals surface area contributed by atoms with Gasteiger partial charge in [-0.2, -0.15) is 0 Å². The summed E-state index contributed by atoms with van der Waals surface area (Å²) in [6, 6.07) is 4.25. The van der Waals surface area contributed by atoms with Crippen LogP contribution in [0, 0.1) is 0 Å². The van der Waals surface area contributed by atoms with Gasteiger partial charge in [-0.15, -0.1) is 24.0 Å². The van der Waals surface area contributed by atoms with E-state index < -0.39 is 0 Å². The molecule has 1 aromatic rings. The molecule has 6 nitrogen and oxygen atoms in total. The van der Waals surface area contributed by atoms with Crippen molar-refractivity contribution in [2.24, 2.45) is 4.99 Å². The van der Waals surface area contributed by atoms with E-state index in [0.29, 0.717) is 6.54 Å². The minimum atomic E-state index is 0. The zero-order chi connectivity index (χ0) is 16.5. The Bertz CT molecular complexity index is 482. The number of nitrogens with one attached hydrogen (secondary N) is 2. The van der Waals surface area contributed by atoms with Crippen molar-refractivity contribution in [3.8, 4) is 0 Å². The van der Waals surface area contributed by atoms with Crippen molar-refractivity contribution in [1.29, 1.82) is 0 Å². The van der Waals surface area contributed by atoms with E-state index in [9.17, 15) is 0 Å². The van der Waals surface area contributed by atoms with Crippen molar-refractivity contribution in [3.63, 3.8) is 0 Å². The van der Waals surface area contributed by atoms with Crippen LogP contribution in [0.25, 0.3) is 0 Å². The van der Waals surface area contributed by atoms with Gasteiger partial charge in [-0.1, -0.05) is 13.0 Å². The molecular formula is C17H31IN6. The fourth-order valence-corrected chi connectivity index (χ4v) is 2.49. The summed E-state index contributed by atoms with van der Waals surface area (Å²) in [5, 5.41) is 6.57. The van der Waals surface area contributed by atoms with Crippen LogP contribution in [-0.2, 0) is 6.54 Å².